The van der Waals surface area contributed by atoms with Gasteiger partial charge in [-0.25, -0.2) is 0 Å². The third-order valence-electron chi connectivity index (χ3n) is 4.66. The topological polar surface area (TPSA) is 15.3 Å². The van der Waals surface area contributed by atoms with Crippen LogP contribution in [-0.4, -0.2) is 31.1 Å². The second-order valence-electron chi connectivity index (χ2n) is 7.17. The molecule has 1 fully saturated rings. The van der Waals surface area contributed by atoms with Crippen molar-refractivity contribution < 1.29 is 0 Å². The Morgan fingerprint density at radius 3 is 2.60 bits per heavy atom. The van der Waals surface area contributed by atoms with E-state index >= 15 is 0 Å². The largest absolute Gasteiger partial charge is 0.308 e. The van der Waals surface area contributed by atoms with E-state index in [4.69, 9.17) is 0 Å². The third kappa shape index (κ3) is 4.57. The highest BCUT2D eigenvalue weighted by Crippen LogP contribution is 2.34. The summed E-state index contributed by atoms with van der Waals surface area (Å²) in [6.45, 7) is 14.3. The molecule has 3 heteroatoms. The van der Waals surface area contributed by atoms with Gasteiger partial charge in [0.2, 0.25) is 0 Å². The second-order valence-corrected chi connectivity index (χ2v) is 8.15. The maximum Gasteiger partial charge on any atom is 0.0386 e. The van der Waals surface area contributed by atoms with E-state index in [1.807, 2.05) is 11.3 Å². The van der Waals surface area contributed by atoms with Crippen molar-refractivity contribution in [2.24, 2.45) is 11.3 Å². The SMILES string of the molecule is CC(NCCN1CCC(C(C)(C)C)CC1)c1cccs1. The number of nitrogens with one attached hydrogen (secondary N) is 1. The molecule has 0 spiro atoms. The minimum atomic E-state index is 0.484. The van der Waals surface area contributed by atoms with E-state index in [2.05, 4.69) is 55.4 Å². The molecule has 0 bridgehead atoms. The summed E-state index contributed by atoms with van der Waals surface area (Å²) in [5, 5.41) is 5.80. The molecule has 2 heterocycles. The summed E-state index contributed by atoms with van der Waals surface area (Å²) in [6, 6.07) is 4.84. The number of hydrogen-bond acceptors (Lipinski definition) is 3. The van der Waals surface area contributed by atoms with E-state index in [1.54, 1.807) is 0 Å². The number of likely N-dealkylation sites (tertiary alicyclic amines) is 1. The molecule has 0 radical (unpaired) electrons. The molecule has 1 aromatic heterocycles. The van der Waals surface area contributed by atoms with Crippen molar-refractivity contribution in [2.45, 2.75) is 46.6 Å². The van der Waals surface area contributed by atoms with E-state index in [-0.39, 0.29) is 0 Å². The van der Waals surface area contributed by atoms with Gasteiger partial charge < -0.3 is 10.2 Å². The molecule has 1 saturated heterocycles. The van der Waals surface area contributed by atoms with Gasteiger partial charge in [0.15, 0.2) is 0 Å². The summed E-state index contributed by atoms with van der Waals surface area (Å²) in [5.41, 5.74) is 0.484. The molecule has 1 unspecified atom stereocenters. The Kier molecular flexibility index (Phi) is 5.65. The highest BCUT2D eigenvalue weighted by molar-refractivity contribution is 7.10. The van der Waals surface area contributed by atoms with Crippen LogP contribution in [0.3, 0.4) is 0 Å². The van der Waals surface area contributed by atoms with Crippen LogP contribution in [-0.2, 0) is 0 Å². The summed E-state index contributed by atoms with van der Waals surface area (Å²) in [4.78, 5) is 4.06. The van der Waals surface area contributed by atoms with Gasteiger partial charge >= 0.3 is 0 Å². The lowest BCUT2D eigenvalue weighted by molar-refractivity contribution is 0.112. The second kappa shape index (κ2) is 7.06. The Hall–Kier alpha value is -0.380. The van der Waals surface area contributed by atoms with Crippen molar-refractivity contribution in [2.75, 3.05) is 26.2 Å². The maximum atomic E-state index is 3.64. The Morgan fingerprint density at radius 2 is 2.05 bits per heavy atom. The van der Waals surface area contributed by atoms with Crippen LogP contribution >= 0.6 is 11.3 Å². The van der Waals surface area contributed by atoms with E-state index in [0.717, 1.165) is 12.5 Å². The lowest BCUT2D eigenvalue weighted by atomic mass is 9.75. The minimum Gasteiger partial charge on any atom is -0.308 e. The summed E-state index contributed by atoms with van der Waals surface area (Å²) >= 11 is 1.84. The van der Waals surface area contributed by atoms with Crippen LogP contribution in [0.5, 0.6) is 0 Å². The molecule has 2 nitrogen and oxygen atoms in total. The summed E-state index contributed by atoms with van der Waals surface area (Å²) in [5.74, 6) is 0.900. The zero-order chi connectivity index (χ0) is 14.6. The van der Waals surface area contributed by atoms with E-state index in [1.165, 1.54) is 37.4 Å². The molecule has 1 atom stereocenters. The van der Waals surface area contributed by atoms with Crippen LogP contribution in [0, 0.1) is 11.3 Å². The summed E-state index contributed by atoms with van der Waals surface area (Å²) in [6.07, 6.45) is 2.73. The fourth-order valence-electron chi connectivity index (χ4n) is 3.10. The zero-order valence-electron chi connectivity index (χ0n) is 13.5. The number of rotatable bonds is 5. The number of piperidine rings is 1. The predicted octanol–water partition coefficient (Wildman–Crippen LogP) is 4.16. The normalized spacial score (nSPS) is 20.2. The molecular weight excluding hydrogens is 264 g/mol. The third-order valence-corrected chi connectivity index (χ3v) is 5.72. The average molecular weight is 295 g/mol. The molecule has 0 aliphatic carbocycles. The van der Waals surface area contributed by atoms with E-state index in [0.29, 0.717) is 11.5 Å². The first-order valence-corrected chi connectivity index (χ1v) is 8.84. The van der Waals surface area contributed by atoms with Crippen molar-refractivity contribution in [1.82, 2.24) is 10.2 Å². The molecule has 1 aliphatic rings. The fraction of sp³-hybridized carbons (Fsp3) is 0.765. The molecule has 1 aliphatic heterocycles. The standard InChI is InChI=1S/C17H30N2S/c1-14(16-6-5-13-20-16)18-9-12-19-10-7-15(8-11-19)17(2,3)4/h5-6,13-15,18H,7-12H2,1-4H3. The van der Waals surface area contributed by atoms with Crippen molar-refractivity contribution in [1.29, 1.82) is 0 Å². The van der Waals surface area contributed by atoms with Crippen molar-refractivity contribution >= 4 is 11.3 Å². The van der Waals surface area contributed by atoms with Crippen LogP contribution in [0.2, 0.25) is 0 Å². The van der Waals surface area contributed by atoms with Crippen LogP contribution in [0.1, 0.15) is 51.5 Å². The van der Waals surface area contributed by atoms with Gasteiger partial charge in [-0.05, 0) is 55.6 Å². The molecule has 2 rings (SSSR count). The number of hydrogen-bond donors (Lipinski definition) is 1. The smallest absolute Gasteiger partial charge is 0.0386 e. The highest BCUT2D eigenvalue weighted by atomic mass is 32.1. The summed E-state index contributed by atoms with van der Waals surface area (Å²) < 4.78 is 0. The van der Waals surface area contributed by atoms with Gasteiger partial charge in [0.25, 0.3) is 0 Å². The lowest BCUT2D eigenvalue weighted by Gasteiger charge is -2.38. The Morgan fingerprint density at radius 1 is 1.35 bits per heavy atom. The molecule has 114 valence electrons. The maximum absolute atomic E-state index is 3.64. The van der Waals surface area contributed by atoms with Crippen molar-refractivity contribution in [3.05, 3.63) is 22.4 Å². The van der Waals surface area contributed by atoms with E-state index in [9.17, 15) is 0 Å². The Balaban J connectivity index is 1.64. The monoisotopic (exact) mass is 294 g/mol. The quantitative estimate of drug-likeness (QED) is 0.877. The molecule has 20 heavy (non-hydrogen) atoms. The zero-order valence-corrected chi connectivity index (χ0v) is 14.3. The van der Waals surface area contributed by atoms with Gasteiger partial charge in [-0.15, -0.1) is 11.3 Å². The van der Waals surface area contributed by atoms with Gasteiger partial charge in [-0.1, -0.05) is 26.8 Å². The molecule has 0 saturated carbocycles. The fourth-order valence-corrected chi connectivity index (χ4v) is 3.86. The van der Waals surface area contributed by atoms with Crippen LogP contribution in [0.25, 0.3) is 0 Å². The predicted molar refractivity (Wildman–Crippen MR) is 89.4 cm³/mol. The molecule has 1 N–H and O–H groups in total. The first-order valence-electron chi connectivity index (χ1n) is 7.96. The highest BCUT2D eigenvalue weighted by Gasteiger charge is 2.28. The molecule has 0 amide bonds. The summed E-state index contributed by atoms with van der Waals surface area (Å²) in [7, 11) is 0. The van der Waals surface area contributed by atoms with Gasteiger partial charge in [-0.2, -0.15) is 0 Å². The average Bonchev–Trinajstić information content (AvgIpc) is 2.92. The van der Waals surface area contributed by atoms with Crippen molar-refractivity contribution in [3.63, 3.8) is 0 Å². The van der Waals surface area contributed by atoms with Crippen LogP contribution in [0.15, 0.2) is 17.5 Å². The number of thiophene rings is 1. The molecular formula is C17H30N2S. The van der Waals surface area contributed by atoms with Crippen molar-refractivity contribution in [3.8, 4) is 0 Å². The number of nitrogens with zero attached hydrogens (tertiary/aromatic N) is 1. The molecule has 1 aromatic rings. The van der Waals surface area contributed by atoms with Crippen LogP contribution in [0.4, 0.5) is 0 Å². The molecule has 0 aromatic carbocycles. The van der Waals surface area contributed by atoms with Gasteiger partial charge in [-0.3, -0.25) is 0 Å². The van der Waals surface area contributed by atoms with Gasteiger partial charge in [0.1, 0.15) is 0 Å². The Labute approximate surface area is 128 Å². The lowest BCUT2D eigenvalue weighted by Crippen LogP contribution is -2.41. The van der Waals surface area contributed by atoms with Gasteiger partial charge in [0.05, 0.1) is 0 Å². The Bertz CT molecular complexity index is 372. The first kappa shape index (κ1) is 16.0. The minimum absolute atomic E-state index is 0.484. The first-order chi connectivity index (χ1) is 9.47. The van der Waals surface area contributed by atoms with E-state index < -0.39 is 0 Å². The van der Waals surface area contributed by atoms with Gasteiger partial charge in [0, 0.05) is 24.0 Å². The van der Waals surface area contributed by atoms with Crippen LogP contribution < -0.4 is 5.32 Å².